The van der Waals surface area contributed by atoms with Crippen LogP contribution in [0.2, 0.25) is 0 Å². The average Bonchev–Trinajstić information content (AvgIpc) is 2.48. The molecule has 2 N–H and O–H groups in total. The van der Waals surface area contributed by atoms with E-state index in [1.807, 2.05) is 24.4 Å². The summed E-state index contributed by atoms with van der Waals surface area (Å²) in [6.45, 7) is 2.13. The van der Waals surface area contributed by atoms with Crippen LogP contribution in [0.4, 0.5) is 5.82 Å². The highest BCUT2D eigenvalue weighted by atomic mass is 16.5. The van der Waals surface area contributed by atoms with Gasteiger partial charge in [-0.05, 0) is 49.0 Å². The molecule has 1 unspecified atom stereocenters. The zero-order valence-corrected chi connectivity index (χ0v) is 11.1. The van der Waals surface area contributed by atoms with Crippen LogP contribution >= 0.6 is 0 Å². The molecule has 0 spiro atoms. The summed E-state index contributed by atoms with van der Waals surface area (Å²) >= 11 is 0. The number of piperidine rings is 1. The minimum absolute atomic E-state index is 0.467. The van der Waals surface area contributed by atoms with E-state index in [4.69, 9.17) is 4.74 Å². The number of benzene rings is 1. The summed E-state index contributed by atoms with van der Waals surface area (Å²) in [5.41, 5.74) is 0. The van der Waals surface area contributed by atoms with Gasteiger partial charge in [-0.25, -0.2) is 4.98 Å². The highest BCUT2D eigenvalue weighted by Gasteiger charge is 2.14. The lowest BCUT2D eigenvalue weighted by Gasteiger charge is -2.24. The fourth-order valence-corrected chi connectivity index (χ4v) is 2.57. The molecule has 0 bridgehead atoms. The predicted molar refractivity (Wildman–Crippen MR) is 77.8 cm³/mol. The lowest BCUT2D eigenvalue weighted by molar-refractivity contribution is 0.415. The summed E-state index contributed by atoms with van der Waals surface area (Å²) in [6, 6.07) is 8.58. The Hall–Kier alpha value is -1.81. The van der Waals surface area contributed by atoms with Gasteiger partial charge in [0.1, 0.15) is 11.6 Å². The second-order valence-corrected chi connectivity index (χ2v) is 4.93. The van der Waals surface area contributed by atoms with E-state index in [1.54, 1.807) is 7.11 Å². The molecule has 100 valence electrons. The number of hydrogen-bond donors (Lipinski definition) is 2. The molecule has 1 saturated heterocycles. The zero-order chi connectivity index (χ0) is 13.1. The lowest BCUT2D eigenvalue weighted by atomic mass is 10.1. The molecule has 1 aliphatic rings. The van der Waals surface area contributed by atoms with Gasteiger partial charge in [0, 0.05) is 24.2 Å². The Labute approximate surface area is 113 Å². The van der Waals surface area contributed by atoms with E-state index in [2.05, 4.69) is 21.7 Å². The number of aromatic nitrogens is 1. The molecule has 2 aromatic rings. The van der Waals surface area contributed by atoms with Crippen molar-refractivity contribution in [3.8, 4) is 5.75 Å². The lowest BCUT2D eigenvalue weighted by Crippen LogP contribution is -2.38. The molecule has 0 amide bonds. The SMILES string of the molecule is COc1ccc2c(NC3CCCNC3)nccc2c1. The Morgan fingerprint density at radius 1 is 1.37 bits per heavy atom. The van der Waals surface area contributed by atoms with Crippen molar-refractivity contribution in [2.45, 2.75) is 18.9 Å². The Bertz CT molecular complexity index is 564. The molecule has 4 heteroatoms. The van der Waals surface area contributed by atoms with Gasteiger partial charge < -0.3 is 15.4 Å². The molecule has 1 aliphatic heterocycles. The number of rotatable bonds is 3. The van der Waals surface area contributed by atoms with Crippen LogP contribution in [0.3, 0.4) is 0 Å². The largest absolute Gasteiger partial charge is 0.497 e. The second-order valence-electron chi connectivity index (χ2n) is 4.93. The van der Waals surface area contributed by atoms with Crippen LogP contribution in [0.5, 0.6) is 5.75 Å². The zero-order valence-electron chi connectivity index (χ0n) is 11.1. The van der Waals surface area contributed by atoms with Crippen LogP contribution in [-0.2, 0) is 0 Å². The van der Waals surface area contributed by atoms with E-state index in [9.17, 15) is 0 Å². The summed E-state index contributed by atoms with van der Waals surface area (Å²) in [5, 5.41) is 9.26. The molecule has 1 fully saturated rings. The molecular weight excluding hydrogens is 238 g/mol. The molecule has 4 nitrogen and oxygen atoms in total. The van der Waals surface area contributed by atoms with Crippen LogP contribution in [0, 0.1) is 0 Å². The fourth-order valence-electron chi connectivity index (χ4n) is 2.57. The number of ether oxygens (including phenoxy) is 1. The molecule has 2 heterocycles. The molecule has 0 aliphatic carbocycles. The van der Waals surface area contributed by atoms with Gasteiger partial charge in [0.15, 0.2) is 0 Å². The molecule has 19 heavy (non-hydrogen) atoms. The molecule has 0 radical (unpaired) electrons. The van der Waals surface area contributed by atoms with Crippen LogP contribution in [0.15, 0.2) is 30.5 Å². The normalized spacial score (nSPS) is 19.3. The highest BCUT2D eigenvalue weighted by molar-refractivity contribution is 5.92. The van der Waals surface area contributed by atoms with Gasteiger partial charge in [-0.15, -0.1) is 0 Å². The summed E-state index contributed by atoms with van der Waals surface area (Å²) in [7, 11) is 1.69. The average molecular weight is 257 g/mol. The monoisotopic (exact) mass is 257 g/mol. The first kappa shape index (κ1) is 12.2. The first-order chi connectivity index (χ1) is 9.36. The number of nitrogens with zero attached hydrogens (tertiary/aromatic N) is 1. The van der Waals surface area contributed by atoms with E-state index in [1.165, 1.54) is 12.8 Å². The number of hydrogen-bond acceptors (Lipinski definition) is 4. The first-order valence-electron chi connectivity index (χ1n) is 6.77. The Kier molecular flexibility index (Phi) is 3.51. The quantitative estimate of drug-likeness (QED) is 0.886. The van der Waals surface area contributed by atoms with Gasteiger partial charge >= 0.3 is 0 Å². The topological polar surface area (TPSA) is 46.2 Å². The van der Waals surface area contributed by atoms with E-state index < -0.39 is 0 Å². The summed E-state index contributed by atoms with van der Waals surface area (Å²) in [4.78, 5) is 4.48. The Balaban J connectivity index is 1.90. The maximum Gasteiger partial charge on any atom is 0.134 e. The predicted octanol–water partition coefficient (Wildman–Crippen LogP) is 2.41. The van der Waals surface area contributed by atoms with Gasteiger partial charge in [0.25, 0.3) is 0 Å². The van der Waals surface area contributed by atoms with Gasteiger partial charge in [0.2, 0.25) is 0 Å². The number of pyridine rings is 1. The molecular formula is C15H19N3O. The third-order valence-corrected chi connectivity index (χ3v) is 3.61. The maximum atomic E-state index is 5.26. The maximum absolute atomic E-state index is 5.26. The van der Waals surface area contributed by atoms with E-state index in [0.29, 0.717) is 6.04 Å². The number of methoxy groups -OCH3 is 1. The minimum Gasteiger partial charge on any atom is -0.497 e. The third-order valence-electron chi connectivity index (χ3n) is 3.61. The minimum atomic E-state index is 0.467. The van der Waals surface area contributed by atoms with Crippen molar-refractivity contribution in [1.29, 1.82) is 0 Å². The fraction of sp³-hybridized carbons (Fsp3) is 0.400. The molecule has 0 saturated carbocycles. The van der Waals surface area contributed by atoms with Crippen molar-refractivity contribution in [3.63, 3.8) is 0 Å². The van der Waals surface area contributed by atoms with Crippen molar-refractivity contribution >= 4 is 16.6 Å². The summed E-state index contributed by atoms with van der Waals surface area (Å²) in [6.07, 6.45) is 4.26. The summed E-state index contributed by atoms with van der Waals surface area (Å²) < 4.78 is 5.26. The van der Waals surface area contributed by atoms with Crippen LogP contribution in [0.25, 0.3) is 10.8 Å². The van der Waals surface area contributed by atoms with Gasteiger partial charge in [-0.1, -0.05) is 0 Å². The molecule has 3 rings (SSSR count). The van der Waals surface area contributed by atoms with Crippen LogP contribution < -0.4 is 15.4 Å². The van der Waals surface area contributed by atoms with Crippen molar-refractivity contribution < 1.29 is 4.74 Å². The Morgan fingerprint density at radius 2 is 2.32 bits per heavy atom. The number of fused-ring (bicyclic) bond motifs is 1. The molecule has 1 aromatic heterocycles. The van der Waals surface area contributed by atoms with E-state index >= 15 is 0 Å². The standard InChI is InChI=1S/C15H19N3O/c1-19-13-4-5-14-11(9-13)6-8-17-15(14)18-12-3-2-7-16-10-12/h4-6,8-9,12,16H,2-3,7,10H2,1H3,(H,17,18). The van der Waals surface area contributed by atoms with Gasteiger partial charge in [-0.3, -0.25) is 0 Å². The Morgan fingerprint density at radius 3 is 3.11 bits per heavy atom. The number of nitrogens with one attached hydrogen (secondary N) is 2. The molecule has 1 aromatic carbocycles. The third kappa shape index (κ3) is 2.63. The second kappa shape index (κ2) is 5.45. The van der Waals surface area contributed by atoms with E-state index in [0.717, 1.165) is 35.4 Å². The smallest absolute Gasteiger partial charge is 0.134 e. The summed E-state index contributed by atoms with van der Waals surface area (Å²) in [5.74, 6) is 1.85. The van der Waals surface area contributed by atoms with Gasteiger partial charge in [0.05, 0.1) is 7.11 Å². The van der Waals surface area contributed by atoms with Crippen LogP contribution in [0.1, 0.15) is 12.8 Å². The van der Waals surface area contributed by atoms with Crippen molar-refractivity contribution in [1.82, 2.24) is 10.3 Å². The van der Waals surface area contributed by atoms with Crippen molar-refractivity contribution in [3.05, 3.63) is 30.5 Å². The van der Waals surface area contributed by atoms with Crippen molar-refractivity contribution in [2.75, 3.05) is 25.5 Å². The highest BCUT2D eigenvalue weighted by Crippen LogP contribution is 2.26. The van der Waals surface area contributed by atoms with Crippen molar-refractivity contribution in [2.24, 2.45) is 0 Å². The molecule has 1 atom stereocenters. The van der Waals surface area contributed by atoms with E-state index in [-0.39, 0.29) is 0 Å². The number of anilines is 1. The first-order valence-corrected chi connectivity index (χ1v) is 6.77. The van der Waals surface area contributed by atoms with Gasteiger partial charge in [-0.2, -0.15) is 0 Å². The van der Waals surface area contributed by atoms with Crippen LogP contribution in [-0.4, -0.2) is 31.2 Å².